The lowest BCUT2D eigenvalue weighted by atomic mass is 9.80. The molecule has 0 spiro atoms. The van der Waals surface area contributed by atoms with Crippen LogP contribution >= 0.6 is 0 Å². The van der Waals surface area contributed by atoms with Crippen LogP contribution in [-0.2, 0) is 6.54 Å². The van der Waals surface area contributed by atoms with Crippen LogP contribution in [0.3, 0.4) is 0 Å². The second-order valence-electron chi connectivity index (χ2n) is 5.90. The highest BCUT2D eigenvalue weighted by Crippen LogP contribution is 2.31. The number of carboxylic acids is 1. The van der Waals surface area contributed by atoms with Gasteiger partial charge in [-0.05, 0) is 30.4 Å². The van der Waals surface area contributed by atoms with E-state index in [1.165, 1.54) is 25.7 Å². The third-order valence-corrected chi connectivity index (χ3v) is 4.60. The van der Waals surface area contributed by atoms with E-state index in [1.54, 1.807) is 18.5 Å². The molecule has 3 rings (SSSR count). The predicted molar refractivity (Wildman–Crippen MR) is 77.8 cm³/mol. The minimum atomic E-state index is -0.910. The van der Waals surface area contributed by atoms with E-state index < -0.39 is 5.97 Å². The summed E-state index contributed by atoms with van der Waals surface area (Å²) in [4.78, 5) is 15.5. The molecule has 1 heterocycles. The molecule has 0 radical (unpaired) electrons. The third-order valence-electron chi connectivity index (χ3n) is 4.60. The zero-order chi connectivity index (χ0) is 14.1. The van der Waals surface area contributed by atoms with Gasteiger partial charge in [0.05, 0.1) is 17.4 Å². The molecule has 1 aromatic carbocycles. The second kappa shape index (κ2) is 5.27. The van der Waals surface area contributed by atoms with Crippen molar-refractivity contribution in [2.45, 2.75) is 39.2 Å². The number of aromatic carboxylic acids is 1. The molecule has 20 heavy (non-hydrogen) atoms. The predicted octanol–water partition coefficient (Wildman–Crippen LogP) is 3.56. The molecule has 4 nitrogen and oxygen atoms in total. The number of rotatable bonds is 3. The van der Waals surface area contributed by atoms with Crippen molar-refractivity contribution in [2.75, 3.05) is 0 Å². The van der Waals surface area contributed by atoms with Gasteiger partial charge in [0.1, 0.15) is 5.52 Å². The molecular formula is C16H20N2O2. The van der Waals surface area contributed by atoms with Crippen LogP contribution in [0.15, 0.2) is 24.5 Å². The molecule has 1 aliphatic rings. The zero-order valence-electron chi connectivity index (χ0n) is 11.7. The lowest BCUT2D eigenvalue weighted by Gasteiger charge is -2.29. The first-order valence-electron chi connectivity index (χ1n) is 7.34. The van der Waals surface area contributed by atoms with Gasteiger partial charge in [-0.3, -0.25) is 0 Å². The van der Waals surface area contributed by atoms with Gasteiger partial charge in [0.25, 0.3) is 0 Å². The number of carbonyl (C=O) groups is 1. The van der Waals surface area contributed by atoms with E-state index in [2.05, 4.69) is 16.5 Å². The summed E-state index contributed by atoms with van der Waals surface area (Å²) in [5.41, 5.74) is 1.82. The number of fused-ring (bicyclic) bond motifs is 1. The number of imidazole rings is 1. The fraction of sp³-hybridized carbons (Fsp3) is 0.500. The lowest BCUT2D eigenvalue weighted by Crippen LogP contribution is -2.21. The Morgan fingerprint density at radius 2 is 2.20 bits per heavy atom. The van der Waals surface area contributed by atoms with Crippen LogP contribution in [0, 0.1) is 11.8 Å². The Morgan fingerprint density at radius 3 is 2.95 bits per heavy atom. The quantitative estimate of drug-likeness (QED) is 0.929. The summed E-state index contributed by atoms with van der Waals surface area (Å²) in [6.45, 7) is 3.27. The molecule has 1 saturated carbocycles. The van der Waals surface area contributed by atoms with E-state index in [1.807, 2.05) is 6.07 Å². The molecule has 0 bridgehead atoms. The molecule has 0 aliphatic heterocycles. The summed E-state index contributed by atoms with van der Waals surface area (Å²) in [6.07, 6.45) is 7.00. The van der Waals surface area contributed by atoms with Gasteiger partial charge < -0.3 is 9.67 Å². The van der Waals surface area contributed by atoms with Crippen molar-refractivity contribution < 1.29 is 9.90 Å². The SMILES string of the molecule is CC1CCCCC1Cn1cnc2c(C(=O)O)cccc21. The Labute approximate surface area is 118 Å². The summed E-state index contributed by atoms with van der Waals surface area (Å²) in [5.74, 6) is 0.505. The molecule has 1 N–H and O–H groups in total. The molecule has 4 heteroatoms. The monoisotopic (exact) mass is 272 g/mol. The van der Waals surface area contributed by atoms with Crippen LogP contribution in [0.4, 0.5) is 0 Å². The number of hydrogen-bond acceptors (Lipinski definition) is 2. The van der Waals surface area contributed by atoms with E-state index in [0.29, 0.717) is 11.4 Å². The van der Waals surface area contributed by atoms with Crippen molar-refractivity contribution >= 4 is 17.0 Å². The van der Waals surface area contributed by atoms with Crippen LogP contribution in [0.2, 0.25) is 0 Å². The minimum Gasteiger partial charge on any atom is -0.478 e. The van der Waals surface area contributed by atoms with Gasteiger partial charge in [-0.15, -0.1) is 0 Å². The fourth-order valence-corrected chi connectivity index (χ4v) is 3.32. The van der Waals surface area contributed by atoms with Gasteiger partial charge >= 0.3 is 5.97 Å². The number of para-hydroxylation sites is 1. The molecule has 2 atom stereocenters. The first-order chi connectivity index (χ1) is 9.66. The Morgan fingerprint density at radius 1 is 1.40 bits per heavy atom. The van der Waals surface area contributed by atoms with Gasteiger partial charge in [-0.1, -0.05) is 32.3 Å². The van der Waals surface area contributed by atoms with Gasteiger partial charge in [0.2, 0.25) is 0 Å². The van der Waals surface area contributed by atoms with Crippen LogP contribution in [0.1, 0.15) is 43.0 Å². The molecule has 106 valence electrons. The number of benzene rings is 1. The average molecular weight is 272 g/mol. The van der Waals surface area contributed by atoms with E-state index in [0.717, 1.165) is 18.0 Å². The van der Waals surface area contributed by atoms with Crippen LogP contribution in [0.5, 0.6) is 0 Å². The van der Waals surface area contributed by atoms with Crippen molar-refractivity contribution in [3.05, 3.63) is 30.1 Å². The van der Waals surface area contributed by atoms with Crippen LogP contribution < -0.4 is 0 Å². The Balaban J connectivity index is 1.92. The molecule has 1 fully saturated rings. The highest BCUT2D eigenvalue weighted by Gasteiger charge is 2.22. The molecule has 0 saturated heterocycles. The molecule has 2 unspecified atom stereocenters. The van der Waals surface area contributed by atoms with Crippen molar-refractivity contribution in [1.29, 1.82) is 0 Å². The maximum absolute atomic E-state index is 11.2. The van der Waals surface area contributed by atoms with Crippen molar-refractivity contribution in [3.63, 3.8) is 0 Å². The number of nitrogens with zero attached hydrogens (tertiary/aromatic N) is 2. The smallest absolute Gasteiger partial charge is 0.337 e. The summed E-state index contributed by atoms with van der Waals surface area (Å²) < 4.78 is 2.12. The maximum atomic E-state index is 11.2. The maximum Gasteiger partial charge on any atom is 0.337 e. The Kier molecular flexibility index (Phi) is 3.47. The summed E-state index contributed by atoms with van der Waals surface area (Å²) in [5, 5.41) is 9.21. The van der Waals surface area contributed by atoms with Crippen molar-refractivity contribution in [1.82, 2.24) is 9.55 Å². The standard InChI is InChI=1S/C16H20N2O2/c1-11-5-2-3-6-12(11)9-18-10-17-15-13(16(19)20)7-4-8-14(15)18/h4,7-8,10-12H,2-3,5-6,9H2,1H3,(H,19,20). The van der Waals surface area contributed by atoms with E-state index >= 15 is 0 Å². The summed E-state index contributed by atoms with van der Waals surface area (Å²) in [6, 6.07) is 5.38. The van der Waals surface area contributed by atoms with Gasteiger partial charge in [0.15, 0.2) is 0 Å². The third kappa shape index (κ3) is 2.30. The second-order valence-corrected chi connectivity index (χ2v) is 5.90. The topological polar surface area (TPSA) is 55.1 Å². The van der Waals surface area contributed by atoms with E-state index in [9.17, 15) is 9.90 Å². The molecular weight excluding hydrogens is 252 g/mol. The fourth-order valence-electron chi connectivity index (χ4n) is 3.32. The lowest BCUT2D eigenvalue weighted by molar-refractivity contribution is 0.0699. The molecule has 2 aromatic rings. The Bertz CT molecular complexity index is 632. The number of hydrogen-bond donors (Lipinski definition) is 1. The van der Waals surface area contributed by atoms with Gasteiger partial charge in [0, 0.05) is 6.54 Å². The normalized spacial score (nSPS) is 23.1. The highest BCUT2D eigenvalue weighted by atomic mass is 16.4. The van der Waals surface area contributed by atoms with Crippen LogP contribution in [0.25, 0.3) is 11.0 Å². The average Bonchev–Trinajstić information content (AvgIpc) is 2.84. The molecule has 1 aliphatic carbocycles. The molecule has 1 aromatic heterocycles. The number of aromatic nitrogens is 2. The van der Waals surface area contributed by atoms with Gasteiger partial charge in [-0.2, -0.15) is 0 Å². The minimum absolute atomic E-state index is 0.290. The van der Waals surface area contributed by atoms with Crippen molar-refractivity contribution in [2.24, 2.45) is 11.8 Å². The van der Waals surface area contributed by atoms with E-state index in [4.69, 9.17) is 0 Å². The summed E-state index contributed by atoms with van der Waals surface area (Å²) in [7, 11) is 0. The molecule has 0 amide bonds. The summed E-state index contributed by atoms with van der Waals surface area (Å²) >= 11 is 0. The largest absolute Gasteiger partial charge is 0.478 e. The van der Waals surface area contributed by atoms with Gasteiger partial charge in [-0.25, -0.2) is 9.78 Å². The zero-order valence-corrected chi connectivity index (χ0v) is 11.7. The highest BCUT2D eigenvalue weighted by molar-refractivity contribution is 6.00. The Hall–Kier alpha value is -1.84. The number of carboxylic acid groups (broad SMARTS) is 1. The van der Waals surface area contributed by atoms with Crippen molar-refractivity contribution in [3.8, 4) is 0 Å². The first kappa shape index (κ1) is 13.2. The first-order valence-corrected chi connectivity index (χ1v) is 7.34. The van der Waals surface area contributed by atoms with Crippen LogP contribution in [-0.4, -0.2) is 20.6 Å². The van der Waals surface area contributed by atoms with E-state index in [-0.39, 0.29) is 5.56 Å².